The molecule has 1 fully saturated rings. The van der Waals surface area contributed by atoms with Gasteiger partial charge in [-0.25, -0.2) is 9.48 Å². The number of carbonyl (C=O) groups is 1. The molecule has 3 rings (SSSR count). The summed E-state index contributed by atoms with van der Waals surface area (Å²) in [7, 11) is 0. The Balaban J connectivity index is 1.84. The zero-order valence-corrected chi connectivity index (χ0v) is 11.6. The highest BCUT2D eigenvalue weighted by Crippen LogP contribution is 2.29. The van der Waals surface area contributed by atoms with E-state index in [2.05, 4.69) is 17.2 Å². The first-order valence-electron chi connectivity index (χ1n) is 7.20. The van der Waals surface area contributed by atoms with Crippen molar-refractivity contribution in [2.45, 2.75) is 39.2 Å². The van der Waals surface area contributed by atoms with Crippen LogP contribution in [-0.2, 0) is 6.54 Å². The monoisotopic (exact) mass is 273 g/mol. The molecule has 20 heavy (non-hydrogen) atoms. The first kappa shape index (κ1) is 13.1. The molecule has 0 bridgehead atoms. The molecule has 106 valence electrons. The number of carboxylic acids is 1. The molecule has 1 heterocycles. The van der Waals surface area contributed by atoms with Crippen molar-refractivity contribution in [2.24, 2.45) is 11.8 Å². The number of hydrogen-bond donors (Lipinski definition) is 1. The van der Waals surface area contributed by atoms with Crippen LogP contribution in [0.5, 0.6) is 0 Å². The SMILES string of the molecule is CC1CCC(Cn2nnc3ccc(C(=O)O)cc32)CC1. The van der Waals surface area contributed by atoms with Crippen molar-refractivity contribution in [1.82, 2.24) is 15.0 Å². The van der Waals surface area contributed by atoms with E-state index in [9.17, 15) is 4.79 Å². The number of benzene rings is 1. The fourth-order valence-electron chi connectivity index (χ4n) is 2.99. The van der Waals surface area contributed by atoms with E-state index >= 15 is 0 Å². The second-order valence-electron chi connectivity index (χ2n) is 5.91. The van der Waals surface area contributed by atoms with E-state index < -0.39 is 5.97 Å². The highest BCUT2D eigenvalue weighted by molar-refractivity contribution is 5.92. The highest BCUT2D eigenvalue weighted by Gasteiger charge is 2.20. The maximum Gasteiger partial charge on any atom is 0.335 e. The minimum Gasteiger partial charge on any atom is -0.478 e. The molecule has 1 aliphatic rings. The molecule has 1 aromatic heterocycles. The van der Waals surface area contributed by atoms with E-state index in [0.29, 0.717) is 11.5 Å². The summed E-state index contributed by atoms with van der Waals surface area (Å²) in [6.07, 6.45) is 5.00. The number of fused-ring (bicyclic) bond motifs is 1. The van der Waals surface area contributed by atoms with Gasteiger partial charge in [-0.3, -0.25) is 0 Å². The Bertz CT molecular complexity index is 627. The molecule has 2 aromatic rings. The van der Waals surface area contributed by atoms with Gasteiger partial charge in [-0.1, -0.05) is 25.0 Å². The fourth-order valence-corrected chi connectivity index (χ4v) is 2.99. The fraction of sp³-hybridized carbons (Fsp3) is 0.533. The average molecular weight is 273 g/mol. The van der Waals surface area contributed by atoms with Gasteiger partial charge in [0.2, 0.25) is 0 Å². The largest absolute Gasteiger partial charge is 0.478 e. The highest BCUT2D eigenvalue weighted by atomic mass is 16.4. The van der Waals surface area contributed by atoms with E-state index in [4.69, 9.17) is 5.11 Å². The van der Waals surface area contributed by atoms with Crippen LogP contribution < -0.4 is 0 Å². The topological polar surface area (TPSA) is 68.0 Å². The Hall–Kier alpha value is -1.91. The zero-order valence-electron chi connectivity index (χ0n) is 11.6. The van der Waals surface area contributed by atoms with Crippen molar-refractivity contribution < 1.29 is 9.90 Å². The van der Waals surface area contributed by atoms with Gasteiger partial charge in [0, 0.05) is 6.54 Å². The number of rotatable bonds is 3. The number of hydrogen-bond acceptors (Lipinski definition) is 3. The Kier molecular flexibility index (Phi) is 3.42. The Morgan fingerprint density at radius 2 is 2.10 bits per heavy atom. The van der Waals surface area contributed by atoms with Gasteiger partial charge in [0.25, 0.3) is 0 Å². The summed E-state index contributed by atoms with van der Waals surface area (Å²) in [5.41, 5.74) is 1.88. The van der Waals surface area contributed by atoms with Crippen LogP contribution in [0.25, 0.3) is 11.0 Å². The standard InChI is InChI=1S/C15H19N3O2/c1-10-2-4-11(5-3-10)9-18-14-8-12(15(19)20)6-7-13(14)16-17-18/h6-8,10-11H,2-5,9H2,1H3,(H,19,20). The lowest BCUT2D eigenvalue weighted by molar-refractivity contribution is 0.0697. The van der Waals surface area contributed by atoms with E-state index in [0.717, 1.165) is 23.5 Å². The number of aromatic nitrogens is 3. The van der Waals surface area contributed by atoms with Crippen molar-refractivity contribution in [3.63, 3.8) is 0 Å². The van der Waals surface area contributed by atoms with Crippen molar-refractivity contribution >= 4 is 17.0 Å². The van der Waals surface area contributed by atoms with Crippen molar-refractivity contribution in [3.8, 4) is 0 Å². The van der Waals surface area contributed by atoms with Gasteiger partial charge in [0.15, 0.2) is 0 Å². The molecule has 0 radical (unpaired) electrons. The molecule has 0 unspecified atom stereocenters. The van der Waals surface area contributed by atoms with Crippen LogP contribution >= 0.6 is 0 Å². The summed E-state index contributed by atoms with van der Waals surface area (Å²) >= 11 is 0. The van der Waals surface area contributed by atoms with Crippen LogP contribution in [0.2, 0.25) is 0 Å². The van der Waals surface area contributed by atoms with Gasteiger partial charge < -0.3 is 5.11 Å². The van der Waals surface area contributed by atoms with Gasteiger partial charge >= 0.3 is 5.97 Å². The lowest BCUT2D eigenvalue weighted by Crippen LogP contribution is -2.18. The second-order valence-corrected chi connectivity index (χ2v) is 5.91. The molecule has 5 nitrogen and oxygen atoms in total. The lowest BCUT2D eigenvalue weighted by Gasteiger charge is -2.25. The van der Waals surface area contributed by atoms with E-state index in [1.165, 1.54) is 25.7 Å². The molecule has 5 heteroatoms. The van der Waals surface area contributed by atoms with Gasteiger partial charge in [0.1, 0.15) is 5.52 Å². The summed E-state index contributed by atoms with van der Waals surface area (Å²) in [5, 5.41) is 17.4. The van der Waals surface area contributed by atoms with Crippen molar-refractivity contribution in [2.75, 3.05) is 0 Å². The minimum absolute atomic E-state index is 0.290. The summed E-state index contributed by atoms with van der Waals surface area (Å²) in [5.74, 6) is 0.549. The molecule has 1 aliphatic carbocycles. The summed E-state index contributed by atoms with van der Waals surface area (Å²) in [4.78, 5) is 11.1. The van der Waals surface area contributed by atoms with Crippen LogP contribution in [0.4, 0.5) is 0 Å². The maximum atomic E-state index is 11.1. The van der Waals surface area contributed by atoms with Crippen molar-refractivity contribution in [3.05, 3.63) is 23.8 Å². The molecule has 1 saturated carbocycles. The number of carboxylic acid groups (broad SMARTS) is 1. The van der Waals surface area contributed by atoms with Crippen LogP contribution in [0.1, 0.15) is 43.0 Å². The molecule has 0 saturated heterocycles. The van der Waals surface area contributed by atoms with Gasteiger partial charge in [-0.05, 0) is 42.9 Å². The first-order chi connectivity index (χ1) is 9.63. The van der Waals surface area contributed by atoms with E-state index in [1.807, 2.05) is 4.68 Å². The van der Waals surface area contributed by atoms with Crippen LogP contribution in [0, 0.1) is 11.8 Å². The van der Waals surface area contributed by atoms with Gasteiger partial charge in [-0.2, -0.15) is 0 Å². The van der Waals surface area contributed by atoms with Crippen LogP contribution in [0.15, 0.2) is 18.2 Å². The maximum absolute atomic E-state index is 11.1. The van der Waals surface area contributed by atoms with Gasteiger partial charge in [-0.15, -0.1) is 5.10 Å². The molecule has 0 atom stereocenters. The lowest BCUT2D eigenvalue weighted by atomic mass is 9.83. The molecule has 1 aromatic carbocycles. The minimum atomic E-state index is -0.911. The smallest absolute Gasteiger partial charge is 0.335 e. The predicted molar refractivity (Wildman–Crippen MR) is 75.6 cm³/mol. The average Bonchev–Trinajstić information content (AvgIpc) is 2.84. The second kappa shape index (κ2) is 5.23. The first-order valence-corrected chi connectivity index (χ1v) is 7.20. The Morgan fingerprint density at radius 1 is 1.35 bits per heavy atom. The molecular formula is C15H19N3O2. The van der Waals surface area contributed by atoms with E-state index in [-0.39, 0.29) is 0 Å². The van der Waals surface area contributed by atoms with Crippen LogP contribution in [-0.4, -0.2) is 26.1 Å². The number of aromatic carboxylic acids is 1. The molecular weight excluding hydrogens is 254 g/mol. The number of nitrogens with zero attached hydrogens (tertiary/aromatic N) is 3. The third-order valence-corrected chi connectivity index (χ3v) is 4.33. The Morgan fingerprint density at radius 3 is 2.80 bits per heavy atom. The Labute approximate surface area is 117 Å². The van der Waals surface area contributed by atoms with Crippen molar-refractivity contribution in [1.29, 1.82) is 0 Å². The zero-order chi connectivity index (χ0) is 14.1. The van der Waals surface area contributed by atoms with E-state index in [1.54, 1.807) is 18.2 Å². The predicted octanol–water partition coefficient (Wildman–Crippen LogP) is 2.96. The quantitative estimate of drug-likeness (QED) is 0.933. The summed E-state index contributed by atoms with van der Waals surface area (Å²) in [6.45, 7) is 3.15. The summed E-state index contributed by atoms with van der Waals surface area (Å²) in [6, 6.07) is 4.97. The normalized spacial score (nSPS) is 23.1. The molecule has 0 spiro atoms. The molecule has 0 aliphatic heterocycles. The molecule has 1 N–H and O–H groups in total. The molecule has 0 amide bonds. The van der Waals surface area contributed by atoms with Gasteiger partial charge in [0.05, 0.1) is 11.1 Å². The summed E-state index contributed by atoms with van der Waals surface area (Å²) < 4.78 is 1.86. The van der Waals surface area contributed by atoms with Crippen LogP contribution in [0.3, 0.4) is 0 Å². The third-order valence-electron chi connectivity index (χ3n) is 4.33. The third kappa shape index (κ3) is 2.53.